The van der Waals surface area contributed by atoms with Gasteiger partial charge in [0, 0.05) is 6.04 Å². The number of para-hydroxylation sites is 2. The topological polar surface area (TPSA) is 81.3 Å². The van der Waals surface area contributed by atoms with Crippen LogP contribution in [0.15, 0.2) is 52.4 Å². The van der Waals surface area contributed by atoms with Gasteiger partial charge in [0.1, 0.15) is 0 Å². The molecule has 5 rings (SSSR count). The molecule has 1 amide bonds. The summed E-state index contributed by atoms with van der Waals surface area (Å²) in [5.74, 6) is 0.440. The van der Waals surface area contributed by atoms with Crippen LogP contribution in [0.5, 0.6) is 0 Å². The summed E-state index contributed by atoms with van der Waals surface area (Å²) >= 11 is 1.35. The van der Waals surface area contributed by atoms with Gasteiger partial charge in [0.05, 0.1) is 21.8 Å². The molecular formula is C23H23N5O2S. The minimum absolute atomic E-state index is 0.00312. The van der Waals surface area contributed by atoms with E-state index < -0.39 is 0 Å². The van der Waals surface area contributed by atoms with Crippen LogP contribution in [0.1, 0.15) is 30.9 Å². The Hall–Kier alpha value is -3.13. The predicted molar refractivity (Wildman–Crippen MR) is 122 cm³/mol. The quantitative estimate of drug-likeness (QED) is 0.488. The SMILES string of the molecule is Cc1cccc(C)c1-n1c(=O)c2ccccc2n2c(SC(C)C(=O)NC3CC3)nnc12. The highest BCUT2D eigenvalue weighted by Crippen LogP contribution is 2.28. The van der Waals surface area contributed by atoms with E-state index in [4.69, 9.17) is 0 Å². The van der Waals surface area contributed by atoms with Crippen molar-refractivity contribution in [2.45, 2.75) is 50.1 Å². The van der Waals surface area contributed by atoms with Crippen molar-refractivity contribution in [3.63, 3.8) is 0 Å². The number of aryl methyl sites for hydroxylation is 2. The molecule has 8 heteroatoms. The van der Waals surface area contributed by atoms with Crippen molar-refractivity contribution in [1.29, 1.82) is 0 Å². The lowest BCUT2D eigenvalue weighted by molar-refractivity contribution is -0.120. The highest BCUT2D eigenvalue weighted by molar-refractivity contribution is 8.00. The third kappa shape index (κ3) is 3.40. The molecule has 1 atom stereocenters. The van der Waals surface area contributed by atoms with E-state index in [1.165, 1.54) is 11.8 Å². The van der Waals surface area contributed by atoms with Crippen LogP contribution in [-0.2, 0) is 4.79 Å². The van der Waals surface area contributed by atoms with Crippen molar-refractivity contribution >= 4 is 34.3 Å². The van der Waals surface area contributed by atoms with E-state index in [0.717, 1.165) is 35.2 Å². The van der Waals surface area contributed by atoms with Crippen molar-refractivity contribution in [3.8, 4) is 5.69 Å². The van der Waals surface area contributed by atoms with Crippen LogP contribution in [0.25, 0.3) is 22.4 Å². The summed E-state index contributed by atoms with van der Waals surface area (Å²) in [7, 11) is 0. The van der Waals surface area contributed by atoms with Gasteiger partial charge in [-0.15, -0.1) is 10.2 Å². The standard InChI is InChI=1S/C23H23N5O2S/c1-13-7-6-8-14(2)19(13)28-21(30)17-9-4-5-10-18(17)27-22(28)25-26-23(27)31-15(3)20(29)24-16-11-12-16/h4-10,15-16H,11-12H2,1-3H3,(H,24,29). The van der Waals surface area contributed by atoms with Crippen molar-refractivity contribution in [1.82, 2.24) is 24.5 Å². The molecule has 2 heterocycles. The van der Waals surface area contributed by atoms with Gasteiger partial charge < -0.3 is 5.32 Å². The third-order valence-electron chi connectivity index (χ3n) is 5.63. The minimum atomic E-state index is -0.327. The molecule has 1 aliphatic carbocycles. The second-order valence-corrected chi connectivity index (χ2v) is 9.37. The number of carbonyl (C=O) groups is 1. The molecule has 31 heavy (non-hydrogen) atoms. The molecule has 1 fully saturated rings. The maximum absolute atomic E-state index is 13.5. The number of nitrogens with one attached hydrogen (secondary N) is 1. The fourth-order valence-electron chi connectivity index (χ4n) is 3.87. The Morgan fingerprint density at radius 1 is 1.10 bits per heavy atom. The molecule has 2 aromatic carbocycles. The monoisotopic (exact) mass is 433 g/mol. The Bertz CT molecular complexity index is 1370. The number of nitrogens with zero attached hydrogens (tertiary/aromatic N) is 4. The molecule has 0 saturated heterocycles. The molecule has 1 aliphatic rings. The summed E-state index contributed by atoms with van der Waals surface area (Å²) in [5.41, 5.74) is 3.37. The number of aromatic nitrogens is 4. The van der Waals surface area contributed by atoms with E-state index in [1.807, 2.05) is 67.6 Å². The van der Waals surface area contributed by atoms with Crippen LogP contribution in [-0.4, -0.2) is 36.4 Å². The number of thioether (sulfide) groups is 1. The zero-order valence-electron chi connectivity index (χ0n) is 17.6. The van der Waals surface area contributed by atoms with Gasteiger partial charge in [-0.05, 0) is 56.9 Å². The molecule has 158 valence electrons. The van der Waals surface area contributed by atoms with E-state index in [9.17, 15) is 9.59 Å². The van der Waals surface area contributed by atoms with E-state index in [0.29, 0.717) is 22.4 Å². The van der Waals surface area contributed by atoms with Crippen LogP contribution in [0.4, 0.5) is 0 Å². The molecule has 1 unspecified atom stereocenters. The lowest BCUT2D eigenvalue weighted by Crippen LogP contribution is -2.32. The molecule has 4 aromatic rings. The number of hydrogen-bond donors (Lipinski definition) is 1. The molecule has 0 radical (unpaired) electrons. The molecule has 2 aromatic heterocycles. The highest BCUT2D eigenvalue weighted by Gasteiger charge is 2.27. The fourth-order valence-corrected chi connectivity index (χ4v) is 4.74. The zero-order chi connectivity index (χ0) is 21.7. The molecule has 7 nitrogen and oxygen atoms in total. The number of fused-ring (bicyclic) bond motifs is 3. The van der Waals surface area contributed by atoms with Crippen molar-refractivity contribution in [3.05, 3.63) is 63.9 Å². The summed E-state index contributed by atoms with van der Waals surface area (Å²) in [6.45, 7) is 5.83. The normalized spacial score (nSPS) is 14.8. The average Bonchev–Trinajstić information content (AvgIpc) is 3.47. The molecule has 1 saturated carbocycles. The Morgan fingerprint density at radius 2 is 1.81 bits per heavy atom. The Balaban J connectivity index is 1.73. The smallest absolute Gasteiger partial charge is 0.267 e. The maximum atomic E-state index is 13.5. The average molecular weight is 434 g/mol. The second kappa shape index (κ2) is 7.53. The van der Waals surface area contributed by atoms with Crippen molar-refractivity contribution in [2.75, 3.05) is 0 Å². The van der Waals surface area contributed by atoms with Gasteiger partial charge in [0.15, 0.2) is 5.16 Å². The Labute approximate surface area is 183 Å². The first-order valence-electron chi connectivity index (χ1n) is 10.4. The van der Waals surface area contributed by atoms with Crippen LogP contribution in [0, 0.1) is 13.8 Å². The summed E-state index contributed by atoms with van der Waals surface area (Å²) < 4.78 is 3.52. The number of rotatable bonds is 5. The lowest BCUT2D eigenvalue weighted by atomic mass is 10.1. The van der Waals surface area contributed by atoms with Gasteiger partial charge in [0.2, 0.25) is 11.7 Å². The van der Waals surface area contributed by atoms with Gasteiger partial charge in [-0.25, -0.2) is 4.57 Å². The third-order valence-corrected chi connectivity index (χ3v) is 6.68. The number of amides is 1. The first-order chi connectivity index (χ1) is 15.0. The van der Waals surface area contributed by atoms with E-state index in [2.05, 4.69) is 15.5 Å². The van der Waals surface area contributed by atoms with E-state index >= 15 is 0 Å². The number of hydrogen-bond acceptors (Lipinski definition) is 5. The fraction of sp³-hybridized carbons (Fsp3) is 0.304. The summed E-state index contributed by atoms with van der Waals surface area (Å²) in [4.78, 5) is 26.0. The molecule has 0 aliphatic heterocycles. The van der Waals surface area contributed by atoms with Gasteiger partial charge in [0.25, 0.3) is 5.56 Å². The molecule has 0 spiro atoms. The van der Waals surface area contributed by atoms with Gasteiger partial charge in [-0.2, -0.15) is 0 Å². The van der Waals surface area contributed by atoms with Crippen molar-refractivity contribution < 1.29 is 4.79 Å². The van der Waals surface area contributed by atoms with Crippen LogP contribution in [0.2, 0.25) is 0 Å². The van der Waals surface area contributed by atoms with E-state index in [-0.39, 0.29) is 16.7 Å². The Morgan fingerprint density at radius 3 is 2.52 bits per heavy atom. The first-order valence-corrected chi connectivity index (χ1v) is 11.3. The summed E-state index contributed by atoms with van der Waals surface area (Å²) in [5, 5.41) is 12.7. The maximum Gasteiger partial charge on any atom is 0.267 e. The van der Waals surface area contributed by atoms with Gasteiger partial charge in [-0.1, -0.05) is 42.1 Å². The number of carbonyl (C=O) groups excluding carboxylic acids is 1. The molecular weight excluding hydrogens is 410 g/mol. The Kier molecular flexibility index (Phi) is 4.81. The first kappa shape index (κ1) is 19.8. The van der Waals surface area contributed by atoms with Crippen LogP contribution < -0.4 is 10.9 Å². The highest BCUT2D eigenvalue weighted by atomic mass is 32.2. The second-order valence-electron chi connectivity index (χ2n) is 8.06. The van der Waals surface area contributed by atoms with Gasteiger partial charge in [-0.3, -0.25) is 14.0 Å². The minimum Gasteiger partial charge on any atom is -0.352 e. The summed E-state index contributed by atoms with van der Waals surface area (Å²) in [6.07, 6.45) is 2.09. The van der Waals surface area contributed by atoms with Crippen molar-refractivity contribution in [2.24, 2.45) is 0 Å². The van der Waals surface area contributed by atoms with Crippen LogP contribution in [0.3, 0.4) is 0 Å². The predicted octanol–water partition coefficient (Wildman–Crippen LogP) is 3.41. The summed E-state index contributed by atoms with van der Waals surface area (Å²) in [6, 6.07) is 13.7. The largest absolute Gasteiger partial charge is 0.352 e. The zero-order valence-corrected chi connectivity index (χ0v) is 18.4. The molecule has 1 N–H and O–H groups in total. The van der Waals surface area contributed by atoms with Crippen LogP contribution >= 0.6 is 11.8 Å². The lowest BCUT2D eigenvalue weighted by Gasteiger charge is -2.16. The molecule has 0 bridgehead atoms. The van der Waals surface area contributed by atoms with Gasteiger partial charge >= 0.3 is 0 Å². The number of benzene rings is 2. The van der Waals surface area contributed by atoms with E-state index in [1.54, 1.807) is 4.57 Å².